The van der Waals surface area contributed by atoms with Gasteiger partial charge in [-0.15, -0.1) is 0 Å². The molecule has 0 bridgehead atoms. The first kappa shape index (κ1) is 63.6. The van der Waals surface area contributed by atoms with Crippen molar-refractivity contribution in [3.05, 3.63) is 24.3 Å². The fraction of sp³-hybridized carbons (Fsp3) is 0.909. The zero-order valence-electron chi connectivity index (χ0n) is 43.3. The first-order valence-electron chi connectivity index (χ1n) is 28.1. The smallest absolute Gasteiger partial charge is 0.220 e. The van der Waals surface area contributed by atoms with E-state index in [1.807, 2.05) is 6.08 Å². The molecule has 2 rings (SSSR count). The minimum Gasteiger partial charge on any atom is -0.394 e. The summed E-state index contributed by atoms with van der Waals surface area (Å²) in [5.74, 6) is -0.252. The molecule has 69 heavy (non-hydrogen) atoms. The van der Waals surface area contributed by atoms with Gasteiger partial charge in [0.25, 0.3) is 0 Å². The summed E-state index contributed by atoms with van der Waals surface area (Å²) < 4.78 is 22.7. The summed E-state index contributed by atoms with van der Waals surface area (Å²) in [5, 5.41) is 86.7. The van der Waals surface area contributed by atoms with Gasteiger partial charge in [-0.1, -0.05) is 212 Å². The topological polar surface area (TPSA) is 228 Å². The Morgan fingerprint density at radius 3 is 1.42 bits per heavy atom. The van der Waals surface area contributed by atoms with Gasteiger partial charge >= 0.3 is 0 Å². The second-order valence-electron chi connectivity index (χ2n) is 20.1. The van der Waals surface area contributed by atoms with Crippen molar-refractivity contribution >= 4 is 5.91 Å². The first-order chi connectivity index (χ1) is 33.6. The molecule has 14 heteroatoms. The monoisotopic (exact) mass is 986 g/mol. The van der Waals surface area contributed by atoms with Crippen LogP contribution in [0.25, 0.3) is 0 Å². The van der Waals surface area contributed by atoms with E-state index in [0.717, 1.165) is 32.1 Å². The largest absolute Gasteiger partial charge is 0.394 e. The van der Waals surface area contributed by atoms with Crippen molar-refractivity contribution in [1.29, 1.82) is 0 Å². The van der Waals surface area contributed by atoms with Crippen LogP contribution in [-0.4, -0.2) is 140 Å². The van der Waals surface area contributed by atoms with E-state index in [2.05, 4.69) is 31.3 Å². The zero-order chi connectivity index (χ0) is 50.3. The summed E-state index contributed by atoms with van der Waals surface area (Å²) in [6.07, 6.45) is 31.1. The number of unbranched alkanes of at least 4 members (excludes halogenated alkanes) is 29. The summed E-state index contributed by atoms with van der Waals surface area (Å²) in [5.41, 5.74) is 0. The summed E-state index contributed by atoms with van der Waals surface area (Å²) in [6.45, 7) is 2.75. The Morgan fingerprint density at radius 1 is 0.507 bits per heavy atom. The quantitative estimate of drug-likeness (QED) is 0.0206. The van der Waals surface area contributed by atoms with E-state index in [9.17, 15) is 45.6 Å². The van der Waals surface area contributed by atoms with Gasteiger partial charge in [0.15, 0.2) is 12.6 Å². The number of ether oxygens (including phenoxy) is 4. The van der Waals surface area contributed by atoms with Gasteiger partial charge in [-0.3, -0.25) is 4.79 Å². The van der Waals surface area contributed by atoms with E-state index in [0.29, 0.717) is 12.8 Å². The number of aliphatic hydroxyl groups is 8. The lowest BCUT2D eigenvalue weighted by Gasteiger charge is -2.46. The molecule has 1 amide bonds. The van der Waals surface area contributed by atoms with E-state index in [1.165, 1.54) is 161 Å². The number of allylic oxidation sites excluding steroid dienone is 3. The minimum absolute atomic E-state index is 0.252. The van der Waals surface area contributed by atoms with E-state index < -0.39 is 86.8 Å². The highest BCUT2D eigenvalue weighted by Gasteiger charge is 2.51. The van der Waals surface area contributed by atoms with Crippen LogP contribution in [0, 0.1) is 0 Å². The molecular formula is C55H103NO13. The summed E-state index contributed by atoms with van der Waals surface area (Å²) in [6, 6.07) is -0.925. The van der Waals surface area contributed by atoms with Crippen LogP contribution >= 0.6 is 0 Å². The number of nitrogens with one attached hydrogen (secondary N) is 1. The van der Waals surface area contributed by atoms with Crippen LogP contribution in [0.5, 0.6) is 0 Å². The lowest BCUT2D eigenvalue weighted by molar-refractivity contribution is -0.359. The van der Waals surface area contributed by atoms with Gasteiger partial charge in [0, 0.05) is 6.42 Å². The summed E-state index contributed by atoms with van der Waals surface area (Å²) in [7, 11) is 0. The standard InChI is InChI=1S/C55H103NO13/c1-3-5-7-9-11-13-14-15-16-17-18-19-20-21-22-23-24-25-26-27-28-29-31-32-34-36-38-44(59)43(56-47(60)39-37-35-33-30-12-10-8-6-4-2)42-66-54-52(65)50(63)53(46(41-58)68-54)69-55-51(64)49(62)48(61)45(40-57)67-55/h29,31,36,38,43-46,48-55,57-59,61-65H,3-28,30,32-35,37,39-42H2,1-2H3,(H,56,60)/b31-29+,38-36+. The van der Waals surface area contributed by atoms with E-state index in [4.69, 9.17) is 18.9 Å². The second-order valence-corrected chi connectivity index (χ2v) is 20.1. The zero-order valence-corrected chi connectivity index (χ0v) is 43.3. The molecule has 2 fully saturated rings. The average molecular weight is 986 g/mol. The number of carbonyl (C=O) groups excluding carboxylic acids is 1. The van der Waals surface area contributed by atoms with E-state index >= 15 is 0 Å². The van der Waals surface area contributed by atoms with E-state index in [1.54, 1.807) is 6.08 Å². The SMILES string of the molecule is CCCCCCCCCCCCCCCCCCCCCC/C=C/CC/C=C/C(O)C(COC1OC(CO)C(OC2OC(CO)C(O)C(O)C2O)C(O)C1O)NC(=O)CCCCCCCCCCC. The van der Waals surface area contributed by atoms with Crippen molar-refractivity contribution in [3.8, 4) is 0 Å². The predicted octanol–water partition coefficient (Wildman–Crippen LogP) is 8.50. The van der Waals surface area contributed by atoms with Gasteiger partial charge in [0.05, 0.1) is 32.0 Å². The number of carbonyl (C=O) groups is 1. The van der Waals surface area contributed by atoms with Crippen molar-refractivity contribution in [2.45, 2.75) is 299 Å². The number of amides is 1. The molecule has 0 aromatic rings. The average Bonchev–Trinajstić information content (AvgIpc) is 3.35. The van der Waals surface area contributed by atoms with Crippen molar-refractivity contribution in [3.63, 3.8) is 0 Å². The maximum absolute atomic E-state index is 13.1. The van der Waals surface area contributed by atoms with Crippen LogP contribution in [-0.2, 0) is 23.7 Å². The van der Waals surface area contributed by atoms with Crippen molar-refractivity contribution in [2.24, 2.45) is 0 Å². The molecule has 9 N–H and O–H groups in total. The highest BCUT2D eigenvalue weighted by atomic mass is 16.7. The second kappa shape index (κ2) is 41.9. The van der Waals surface area contributed by atoms with Crippen LogP contribution in [0.15, 0.2) is 24.3 Å². The van der Waals surface area contributed by atoms with Crippen LogP contribution in [0.1, 0.15) is 226 Å². The van der Waals surface area contributed by atoms with Gasteiger partial charge in [-0.2, -0.15) is 0 Å². The third-order valence-electron chi connectivity index (χ3n) is 13.9. The van der Waals surface area contributed by atoms with E-state index in [-0.39, 0.29) is 18.9 Å². The Bertz CT molecular complexity index is 1260. The molecule has 406 valence electrons. The highest BCUT2D eigenvalue weighted by Crippen LogP contribution is 2.30. The van der Waals surface area contributed by atoms with Crippen molar-refractivity contribution in [2.75, 3.05) is 19.8 Å². The Labute approximate surface area is 418 Å². The Kier molecular flexibility index (Phi) is 38.6. The normalized spacial score (nSPS) is 26.3. The van der Waals surface area contributed by atoms with Crippen molar-refractivity contribution in [1.82, 2.24) is 5.32 Å². The number of hydrogen-bond acceptors (Lipinski definition) is 13. The van der Waals surface area contributed by atoms with Gasteiger partial charge < -0.3 is 65.1 Å². The third kappa shape index (κ3) is 28.5. The van der Waals surface area contributed by atoms with Crippen molar-refractivity contribution < 1.29 is 64.6 Å². The molecule has 0 spiro atoms. The molecule has 0 aromatic heterocycles. The number of hydrogen-bond donors (Lipinski definition) is 9. The van der Waals surface area contributed by atoms with Gasteiger partial charge in [-0.05, 0) is 32.1 Å². The Morgan fingerprint density at radius 2 is 0.928 bits per heavy atom. The van der Waals surface area contributed by atoms with Gasteiger partial charge in [0.2, 0.25) is 5.91 Å². The maximum atomic E-state index is 13.1. The lowest BCUT2D eigenvalue weighted by Crippen LogP contribution is -2.65. The lowest BCUT2D eigenvalue weighted by atomic mass is 9.97. The molecule has 2 aliphatic heterocycles. The maximum Gasteiger partial charge on any atom is 0.220 e. The predicted molar refractivity (Wildman–Crippen MR) is 272 cm³/mol. The van der Waals surface area contributed by atoms with Crippen LogP contribution in [0.4, 0.5) is 0 Å². The van der Waals surface area contributed by atoms with Crippen LogP contribution < -0.4 is 5.32 Å². The highest BCUT2D eigenvalue weighted by molar-refractivity contribution is 5.76. The molecule has 14 nitrogen and oxygen atoms in total. The fourth-order valence-electron chi connectivity index (χ4n) is 9.31. The molecule has 2 aliphatic rings. The van der Waals surface area contributed by atoms with Crippen LogP contribution in [0.3, 0.4) is 0 Å². The molecule has 12 unspecified atom stereocenters. The molecule has 0 radical (unpaired) electrons. The Hall–Kier alpha value is -1.53. The molecule has 12 atom stereocenters. The number of aliphatic hydroxyl groups excluding tert-OH is 8. The molecule has 2 heterocycles. The molecule has 0 aliphatic carbocycles. The molecular weight excluding hydrogens is 883 g/mol. The van der Waals surface area contributed by atoms with Gasteiger partial charge in [-0.25, -0.2) is 0 Å². The number of rotatable bonds is 44. The summed E-state index contributed by atoms with van der Waals surface area (Å²) >= 11 is 0. The van der Waals surface area contributed by atoms with Crippen LogP contribution in [0.2, 0.25) is 0 Å². The summed E-state index contributed by atoms with van der Waals surface area (Å²) in [4.78, 5) is 13.1. The first-order valence-corrected chi connectivity index (χ1v) is 28.1. The third-order valence-corrected chi connectivity index (χ3v) is 13.9. The molecule has 0 aromatic carbocycles. The fourth-order valence-corrected chi connectivity index (χ4v) is 9.31. The minimum atomic E-state index is -1.79. The molecule has 2 saturated heterocycles. The Balaban J connectivity index is 1.73. The van der Waals surface area contributed by atoms with Gasteiger partial charge in [0.1, 0.15) is 48.8 Å². The molecule has 0 saturated carbocycles.